The topological polar surface area (TPSA) is 66.7 Å². The van der Waals surface area contributed by atoms with Crippen LogP contribution in [0.4, 0.5) is 21.5 Å². The molecule has 2 aromatic heterocycles. The van der Waals surface area contributed by atoms with E-state index in [2.05, 4.69) is 15.3 Å². The summed E-state index contributed by atoms with van der Waals surface area (Å²) in [5.41, 5.74) is 7.88. The molecule has 0 spiro atoms. The first-order chi connectivity index (χ1) is 8.74. The Bertz CT molecular complexity index is 705. The Morgan fingerprint density at radius 3 is 2.94 bits per heavy atom. The van der Waals surface area contributed by atoms with Crippen LogP contribution in [0.25, 0.3) is 11.0 Å². The van der Waals surface area contributed by atoms with Crippen molar-refractivity contribution in [3.05, 3.63) is 48.5 Å². The number of nitrogens with zero attached hydrogens (tertiary/aromatic N) is 1. The molecule has 0 aliphatic rings. The van der Waals surface area contributed by atoms with Crippen LogP contribution < -0.4 is 11.1 Å². The number of fused-ring (bicyclic) bond motifs is 1. The highest BCUT2D eigenvalue weighted by Gasteiger charge is 2.04. The molecule has 1 aromatic carbocycles. The van der Waals surface area contributed by atoms with Gasteiger partial charge in [0, 0.05) is 23.5 Å². The normalized spacial score (nSPS) is 10.7. The van der Waals surface area contributed by atoms with Crippen LogP contribution >= 0.6 is 0 Å². The third-order valence-corrected chi connectivity index (χ3v) is 2.74. The van der Waals surface area contributed by atoms with Crippen LogP contribution in [0.1, 0.15) is 0 Å². The number of aromatic amines is 1. The average Bonchev–Trinajstić information content (AvgIpc) is 2.83. The van der Waals surface area contributed by atoms with Gasteiger partial charge in [-0.05, 0) is 30.3 Å². The monoisotopic (exact) mass is 242 g/mol. The number of pyridine rings is 1. The molecule has 0 aliphatic carbocycles. The molecule has 0 aliphatic heterocycles. The van der Waals surface area contributed by atoms with Gasteiger partial charge in [0.25, 0.3) is 0 Å². The molecule has 0 radical (unpaired) electrons. The van der Waals surface area contributed by atoms with Crippen molar-refractivity contribution >= 4 is 28.1 Å². The Hall–Kier alpha value is -2.56. The van der Waals surface area contributed by atoms with Gasteiger partial charge in [0.2, 0.25) is 0 Å². The van der Waals surface area contributed by atoms with Crippen molar-refractivity contribution in [1.82, 2.24) is 9.97 Å². The number of benzene rings is 1. The molecule has 0 unspecified atom stereocenters. The minimum Gasteiger partial charge on any atom is -0.396 e. The first-order valence-electron chi connectivity index (χ1n) is 5.48. The molecule has 90 valence electrons. The Morgan fingerprint density at radius 2 is 2.11 bits per heavy atom. The molecule has 4 N–H and O–H groups in total. The molecule has 5 heteroatoms. The smallest absolute Gasteiger partial charge is 0.148 e. The van der Waals surface area contributed by atoms with E-state index in [1.165, 1.54) is 12.1 Å². The molecule has 0 saturated heterocycles. The fourth-order valence-corrected chi connectivity index (χ4v) is 1.83. The number of nitrogens with one attached hydrogen (secondary N) is 2. The van der Waals surface area contributed by atoms with E-state index in [-0.39, 0.29) is 5.69 Å². The molecule has 0 saturated carbocycles. The highest BCUT2D eigenvalue weighted by atomic mass is 19.1. The van der Waals surface area contributed by atoms with Crippen LogP contribution in [0.2, 0.25) is 0 Å². The molecule has 2 heterocycles. The average molecular weight is 242 g/mol. The zero-order chi connectivity index (χ0) is 12.5. The van der Waals surface area contributed by atoms with Gasteiger partial charge in [0.1, 0.15) is 11.5 Å². The molecular weight excluding hydrogens is 231 g/mol. The van der Waals surface area contributed by atoms with E-state index in [1.54, 1.807) is 12.3 Å². The molecule has 0 bridgehead atoms. The van der Waals surface area contributed by atoms with Gasteiger partial charge in [-0.3, -0.25) is 0 Å². The summed E-state index contributed by atoms with van der Waals surface area (Å²) in [6.45, 7) is 0. The zero-order valence-corrected chi connectivity index (χ0v) is 9.44. The van der Waals surface area contributed by atoms with Crippen LogP contribution in [-0.2, 0) is 0 Å². The Labute approximate surface area is 103 Å². The van der Waals surface area contributed by atoms with E-state index < -0.39 is 5.82 Å². The molecule has 3 rings (SSSR count). The number of hydrogen-bond acceptors (Lipinski definition) is 3. The number of aromatic nitrogens is 2. The van der Waals surface area contributed by atoms with Gasteiger partial charge in [-0.1, -0.05) is 0 Å². The Balaban J connectivity index is 2.01. The van der Waals surface area contributed by atoms with Gasteiger partial charge >= 0.3 is 0 Å². The first-order valence-corrected chi connectivity index (χ1v) is 5.48. The maximum atomic E-state index is 13.4. The lowest BCUT2D eigenvalue weighted by Crippen LogP contribution is -1.95. The molecule has 0 amide bonds. The van der Waals surface area contributed by atoms with Crippen LogP contribution in [-0.4, -0.2) is 9.97 Å². The maximum absolute atomic E-state index is 13.4. The van der Waals surface area contributed by atoms with E-state index in [1.807, 2.05) is 18.3 Å². The predicted octanol–water partition coefficient (Wildman–Crippen LogP) is 3.03. The van der Waals surface area contributed by atoms with Gasteiger partial charge in [0.05, 0.1) is 11.4 Å². The lowest BCUT2D eigenvalue weighted by atomic mass is 10.2. The number of nitrogen functional groups attached to an aromatic ring is 1. The summed E-state index contributed by atoms with van der Waals surface area (Å²) in [6.07, 6.45) is 3.50. The number of rotatable bonds is 2. The van der Waals surface area contributed by atoms with Crippen molar-refractivity contribution in [2.45, 2.75) is 0 Å². The Kier molecular flexibility index (Phi) is 2.37. The third-order valence-electron chi connectivity index (χ3n) is 2.74. The second kappa shape index (κ2) is 4.03. The van der Waals surface area contributed by atoms with Gasteiger partial charge in [-0.15, -0.1) is 0 Å². The molecule has 3 aromatic rings. The van der Waals surface area contributed by atoms with Crippen LogP contribution in [0.5, 0.6) is 0 Å². The quantitative estimate of drug-likeness (QED) is 0.605. The minimum absolute atomic E-state index is 0.141. The van der Waals surface area contributed by atoms with E-state index >= 15 is 0 Å². The molecule has 4 nitrogen and oxygen atoms in total. The highest BCUT2D eigenvalue weighted by Crippen LogP contribution is 2.25. The molecule has 18 heavy (non-hydrogen) atoms. The van der Waals surface area contributed by atoms with Crippen molar-refractivity contribution < 1.29 is 4.39 Å². The van der Waals surface area contributed by atoms with Crippen LogP contribution in [0, 0.1) is 5.82 Å². The minimum atomic E-state index is -0.431. The van der Waals surface area contributed by atoms with E-state index in [0.717, 1.165) is 16.7 Å². The van der Waals surface area contributed by atoms with E-state index in [4.69, 9.17) is 5.73 Å². The summed E-state index contributed by atoms with van der Waals surface area (Å²) in [5.74, 6) is -0.431. The van der Waals surface area contributed by atoms with Gasteiger partial charge in [0.15, 0.2) is 0 Å². The van der Waals surface area contributed by atoms with Gasteiger partial charge < -0.3 is 16.0 Å². The first kappa shape index (κ1) is 10.6. The number of nitrogens with two attached hydrogens (primary N) is 1. The lowest BCUT2D eigenvalue weighted by Gasteiger charge is -2.08. The zero-order valence-electron chi connectivity index (χ0n) is 9.44. The second-order valence-electron chi connectivity index (χ2n) is 3.96. The molecule has 0 atom stereocenters. The fourth-order valence-electron chi connectivity index (χ4n) is 1.83. The SMILES string of the molecule is Nc1ccc(Nc2ccnc3[nH]ccc23)cc1F. The summed E-state index contributed by atoms with van der Waals surface area (Å²) >= 11 is 0. The van der Waals surface area contributed by atoms with Gasteiger partial charge in [-0.25, -0.2) is 9.37 Å². The predicted molar refractivity (Wildman–Crippen MR) is 70.2 cm³/mol. The molecule has 0 fully saturated rings. The highest BCUT2D eigenvalue weighted by molar-refractivity contribution is 5.91. The number of anilines is 3. The van der Waals surface area contributed by atoms with Crippen LogP contribution in [0.15, 0.2) is 42.7 Å². The summed E-state index contributed by atoms with van der Waals surface area (Å²) in [6, 6.07) is 8.39. The number of H-pyrrole nitrogens is 1. The molecular formula is C13H11FN4. The summed E-state index contributed by atoms with van der Waals surface area (Å²) in [5, 5.41) is 4.10. The summed E-state index contributed by atoms with van der Waals surface area (Å²) < 4.78 is 13.4. The van der Waals surface area contributed by atoms with Crippen molar-refractivity contribution in [3.8, 4) is 0 Å². The summed E-state index contributed by atoms with van der Waals surface area (Å²) in [4.78, 5) is 7.21. The van der Waals surface area contributed by atoms with Crippen molar-refractivity contribution in [3.63, 3.8) is 0 Å². The fraction of sp³-hybridized carbons (Fsp3) is 0. The standard InChI is InChI=1S/C13H11FN4/c14-10-7-8(1-2-11(10)15)18-12-4-6-17-13-9(12)3-5-16-13/h1-7H,15H2,(H2,16,17,18). The van der Waals surface area contributed by atoms with Crippen molar-refractivity contribution in [2.75, 3.05) is 11.1 Å². The van der Waals surface area contributed by atoms with Gasteiger partial charge in [-0.2, -0.15) is 0 Å². The van der Waals surface area contributed by atoms with Crippen LogP contribution in [0.3, 0.4) is 0 Å². The van der Waals surface area contributed by atoms with E-state index in [9.17, 15) is 4.39 Å². The summed E-state index contributed by atoms with van der Waals surface area (Å²) in [7, 11) is 0. The lowest BCUT2D eigenvalue weighted by molar-refractivity contribution is 0.633. The Morgan fingerprint density at radius 1 is 1.22 bits per heavy atom. The second-order valence-corrected chi connectivity index (χ2v) is 3.96. The number of hydrogen-bond donors (Lipinski definition) is 3. The van der Waals surface area contributed by atoms with Crippen molar-refractivity contribution in [1.29, 1.82) is 0 Å². The third kappa shape index (κ3) is 1.75. The van der Waals surface area contributed by atoms with E-state index in [0.29, 0.717) is 5.69 Å². The van der Waals surface area contributed by atoms with Crippen molar-refractivity contribution in [2.24, 2.45) is 0 Å². The maximum Gasteiger partial charge on any atom is 0.148 e. The largest absolute Gasteiger partial charge is 0.396 e. The number of halogens is 1.